The van der Waals surface area contributed by atoms with Gasteiger partial charge in [-0.05, 0) is 0 Å². The minimum absolute atomic E-state index is 1.06. The molecule has 0 atom stereocenters. The van der Waals surface area contributed by atoms with Crippen LogP contribution in [0.25, 0.3) is 0 Å². The Kier molecular flexibility index (Phi) is 12.2. The highest BCUT2D eigenvalue weighted by atomic mass is 19.4. The van der Waals surface area contributed by atoms with E-state index in [1.54, 1.807) is 0 Å². The van der Waals surface area contributed by atoms with Gasteiger partial charge in [0.15, 0.2) is 0 Å². The molecule has 0 rings (SSSR count). The molecule has 0 N–H and O–H groups in total. The molecule has 0 unspecified atom stereocenters. The standard InChI is InChI=1S/3C3HF5/c4-1-2(5)3(6,7)8;2*4-2(5)1-3(6,7)8/h3*1H. The van der Waals surface area contributed by atoms with Gasteiger partial charge < -0.3 is 0 Å². The molecular formula is C9H3F15. The van der Waals surface area contributed by atoms with Gasteiger partial charge in [0.2, 0.25) is 5.83 Å². The van der Waals surface area contributed by atoms with Crippen LogP contribution in [0.3, 0.4) is 0 Å². The summed E-state index contributed by atoms with van der Waals surface area (Å²) >= 11 is 0. The highest BCUT2D eigenvalue weighted by molar-refractivity contribution is 4.93. The summed E-state index contributed by atoms with van der Waals surface area (Å²) in [5.41, 5.74) is 0. The van der Waals surface area contributed by atoms with Crippen LogP contribution in [-0.4, -0.2) is 18.5 Å². The summed E-state index contributed by atoms with van der Waals surface area (Å²) in [6, 6.07) is 0. The predicted molar refractivity (Wildman–Crippen MR) is 49.1 cm³/mol. The molecule has 0 aromatic rings. The van der Waals surface area contributed by atoms with Crippen LogP contribution in [0.5, 0.6) is 0 Å². The molecule has 0 saturated heterocycles. The van der Waals surface area contributed by atoms with E-state index in [2.05, 4.69) is 0 Å². The lowest BCUT2D eigenvalue weighted by Gasteiger charge is -1.97. The fraction of sp³-hybridized carbons (Fsp3) is 0.333. The number of hydrogen-bond acceptors (Lipinski definition) is 0. The van der Waals surface area contributed by atoms with Crippen LogP contribution in [0.2, 0.25) is 0 Å². The molecule has 0 heterocycles. The van der Waals surface area contributed by atoms with Crippen LogP contribution in [0.4, 0.5) is 65.9 Å². The van der Waals surface area contributed by atoms with Crippen LogP contribution in [-0.2, 0) is 0 Å². The van der Waals surface area contributed by atoms with Crippen molar-refractivity contribution in [3.05, 3.63) is 36.5 Å². The van der Waals surface area contributed by atoms with E-state index in [0.29, 0.717) is 0 Å². The minimum atomic E-state index is -5.17. The predicted octanol–water partition coefficient (Wildman–Crippen LogP) is 6.99. The van der Waals surface area contributed by atoms with Gasteiger partial charge in [-0.1, -0.05) is 0 Å². The van der Waals surface area contributed by atoms with E-state index >= 15 is 0 Å². The lowest BCUT2D eigenvalue weighted by Crippen LogP contribution is -2.06. The van der Waals surface area contributed by atoms with Crippen LogP contribution in [0.15, 0.2) is 36.5 Å². The Morgan fingerprint density at radius 2 is 0.792 bits per heavy atom. The molecule has 24 heavy (non-hydrogen) atoms. The Bertz CT molecular complexity index is 393. The van der Waals surface area contributed by atoms with Crippen LogP contribution >= 0.6 is 0 Å². The molecule has 0 saturated carbocycles. The molecule has 0 aliphatic rings. The van der Waals surface area contributed by atoms with Crippen molar-refractivity contribution in [3.8, 4) is 0 Å². The maximum absolute atomic E-state index is 11.0. The normalized spacial score (nSPS) is 12.2. The first-order valence-electron chi connectivity index (χ1n) is 4.56. The highest BCUT2D eigenvalue weighted by Crippen LogP contribution is 2.26. The summed E-state index contributed by atoms with van der Waals surface area (Å²) in [6.07, 6.45) is -23.7. The SMILES string of the molecule is FC(F)=CC(F)(F)F.FC(F)=CC(F)(F)F.FC=C(F)C(F)(F)F. The number of hydrogen-bond donors (Lipinski definition) is 0. The summed E-state index contributed by atoms with van der Waals surface area (Å²) in [6.45, 7) is 0. The van der Waals surface area contributed by atoms with Crippen molar-refractivity contribution in [3.63, 3.8) is 0 Å². The van der Waals surface area contributed by atoms with Gasteiger partial charge in [0.1, 0.15) is 6.33 Å². The average molecular weight is 396 g/mol. The first kappa shape index (κ1) is 27.0. The third kappa shape index (κ3) is 28.3. The number of rotatable bonds is 0. The average Bonchev–Trinajstić information content (AvgIpc) is 2.20. The van der Waals surface area contributed by atoms with E-state index < -0.39 is 55.0 Å². The Labute approximate surface area is 122 Å². The van der Waals surface area contributed by atoms with E-state index in [4.69, 9.17) is 0 Å². The largest absolute Gasteiger partial charge is 0.445 e. The second-order valence-corrected chi connectivity index (χ2v) is 2.91. The van der Waals surface area contributed by atoms with Gasteiger partial charge in [-0.25, -0.2) is 4.39 Å². The maximum Gasteiger partial charge on any atom is 0.445 e. The van der Waals surface area contributed by atoms with Crippen LogP contribution in [0.1, 0.15) is 0 Å². The van der Waals surface area contributed by atoms with Crippen LogP contribution < -0.4 is 0 Å². The highest BCUT2D eigenvalue weighted by Gasteiger charge is 2.34. The zero-order chi connectivity index (χ0) is 20.4. The molecule has 144 valence electrons. The van der Waals surface area contributed by atoms with Gasteiger partial charge in [0.05, 0.1) is 12.2 Å². The fourth-order valence-electron chi connectivity index (χ4n) is 0.309. The Balaban J connectivity index is -0.000000276. The molecule has 15 heteroatoms. The monoisotopic (exact) mass is 396 g/mol. The smallest absolute Gasteiger partial charge is 0.212 e. The molecule has 0 bridgehead atoms. The summed E-state index contributed by atoms with van der Waals surface area (Å²) in [7, 11) is 0. The van der Waals surface area contributed by atoms with Crippen molar-refractivity contribution < 1.29 is 65.9 Å². The molecule has 0 aliphatic carbocycles. The van der Waals surface area contributed by atoms with Crippen molar-refractivity contribution in [1.82, 2.24) is 0 Å². The molecule has 0 aromatic carbocycles. The molecule has 0 fully saturated rings. The molecule has 0 aliphatic heterocycles. The fourth-order valence-corrected chi connectivity index (χ4v) is 0.309. The molecule has 0 nitrogen and oxygen atoms in total. The second-order valence-electron chi connectivity index (χ2n) is 2.91. The molecule has 0 amide bonds. The molecule has 0 spiro atoms. The quantitative estimate of drug-likeness (QED) is 0.388. The Hall–Kier alpha value is -1.83. The summed E-state index contributed by atoms with van der Waals surface area (Å²) in [5, 5.41) is 0. The van der Waals surface area contributed by atoms with Crippen molar-refractivity contribution >= 4 is 0 Å². The zero-order valence-corrected chi connectivity index (χ0v) is 10.4. The van der Waals surface area contributed by atoms with Gasteiger partial charge in [-0.2, -0.15) is 61.5 Å². The van der Waals surface area contributed by atoms with Gasteiger partial charge in [0, 0.05) is 0 Å². The lowest BCUT2D eigenvalue weighted by atomic mass is 10.6. The van der Waals surface area contributed by atoms with Gasteiger partial charge in [-0.3, -0.25) is 0 Å². The third-order valence-electron chi connectivity index (χ3n) is 0.912. The summed E-state index contributed by atoms with van der Waals surface area (Å²) in [5.74, 6) is -2.71. The number of alkyl halides is 9. The first-order valence-corrected chi connectivity index (χ1v) is 4.56. The molecule has 0 aromatic heterocycles. The number of halogens is 15. The minimum Gasteiger partial charge on any atom is -0.212 e. The third-order valence-corrected chi connectivity index (χ3v) is 0.912. The first-order chi connectivity index (χ1) is 10.3. The van der Waals surface area contributed by atoms with Gasteiger partial charge >= 0.3 is 18.5 Å². The van der Waals surface area contributed by atoms with E-state index in [1.807, 2.05) is 0 Å². The Morgan fingerprint density at radius 3 is 0.792 bits per heavy atom. The molecule has 0 radical (unpaired) electrons. The maximum atomic E-state index is 11.0. The van der Waals surface area contributed by atoms with Gasteiger partial charge in [-0.15, -0.1) is 0 Å². The van der Waals surface area contributed by atoms with Crippen LogP contribution in [0, 0.1) is 0 Å². The topological polar surface area (TPSA) is 0 Å². The second kappa shape index (κ2) is 10.9. The summed E-state index contributed by atoms with van der Waals surface area (Å²) in [4.78, 5) is 0. The van der Waals surface area contributed by atoms with E-state index in [1.165, 1.54) is 0 Å². The Morgan fingerprint density at radius 1 is 0.542 bits per heavy atom. The number of allylic oxidation sites excluding steroid dienone is 3. The molecular weight excluding hydrogens is 393 g/mol. The van der Waals surface area contributed by atoms with E-state index in [0.717, 1.165) is 0 Å². The van der Waals surface area contributed by atoms with E-state index in [-0.39, 0.29) is 0 Å². The van der Waals surface area contributed by atoms with E-state index in [9.17, 15) is 65.9 Å². The summed E-state index contributed by atoms with van der Waals surface area (Å²) < 4.78 is 161. The van der Waals surface area contributed by atoms with Gasteiger partial charge in [0.25, 0.3) is 12.2 Å². The lowest BCUT2D eigenvalue weighted by molar-refractivity contribution is -0.110. The van der Waals surface area contributed by atoms with Crippen molar-refractivity contribution in [2.45, 2.75) is 18.5 Å². The zero-order valence-electron chi connectivity index (χ0n) is 10.4. The van der Waals surface area contributed by atoms with Crippen molar-refractivity contribution in [2.24, 2.45) is 0 Å². The van der Waals surface area contributed by atoms with Crippen molar-refractivity contribution in [2.75, 3.05) is 0 Å². The van der Waals surface area contributed by atoms with Crippen molar-refractivity contribution in [1.29, 1.82) is 0 Å².